The quantitative estimate of drug-likeness (QED) is 0.858. The van der Waals surface area contributed by atoms with Gasteiger partial charge in [-0.25, -0.2) is 9.18 Å². The molecule has 1 aromatic carbocycles. The molecule has 19 heavy (non-hydrogen) atoms. The maximum atomic E-state index is 12.8. The van der Waals surface area contributed by atoms with E-state index >= 15 is 0 Å². The Balaban J connectivity index is 1.79. The highest BCUT2D eigenvalue weighted by Gasteiger charge is 2.30. The summed E-state index contributed by atoms with van der Waals surface area (Å²) in [4.78, 5) is 10.8. The Morgan fingerprint density at radius 1 is 1.47 bits per heavy atom. The molecule has 2 N–H and O–H groups in total. The maximum absolute atomic E-state index is 12.8. The Morgan fingerprint density at radius 2 is 2.16 bits per heavy atom. The summed E-state index contributed by atoms with van der Waals surface area (Å²) in [5.41, 5.74) is 0.995. The second kappa shape index (κ2) is 6.12. The number of benzene rings is 1. The van der Waals surface area contributed by atoms with Crippen molar-refractivity contribution in [3.8, 4) is 0 Å². The van der Waals surface area contributed by atoms with E-state index < -0.39 is 12.1 Å². The largest absolute Gasteiger partial charge is 0.479 e. The van der Waals surface area contributed by atoms with Gasteiger partial charge in [-0.05, 0) is 37.5 Å². The lowest BCUT2D eigenvalue weighted by Crippen LogP contribution is -2.30. The number of carboxylic acids is 1. The van der Waals surface area contributed by atoms with Crippen molar-refractivity contribution >= 4 is 5.97 Å². The zero-order valence-corrected chi connectivity index (χ0v) is 10.8. The zero-order valence-electron chi connectivity index (χ0n) is 10.8. The van der Waals surface area contributed by atoms with E-state index in [2.05, 4.69) is 5.32 Å². The van der Waals surface area contributed by atoms with Crippen LogP contribution in [0.4, 0.5) is 4.39 Å². The van der Waals surface area contributed by atoms with Crippen LogP contribution in [0.3, 0.4) is 0 Å². The van der Waals surface area contributed by atoms with Gasteiger partial charge in [-0.15, -0.1) is 0 Å². The molecule has 0 aromatic heterocycles. The van der Waals surface area contributed by atoms with Crippen LogP contribution in [0.2, 0.25) is 0 Å². The minimum atomic E-state index is -0.894. The van der Waals surface area contributed by atoms with Gasteiger partial charge in [-0.2, -0.15) is 0 Å². The Morgan fingerprint density at radius 3 is 2.74 bits per heavy atom. The summed E-state index contributed by atoms with van der Waals surface area (Å²) in [6, 6.07) is 6.42. The van der Waals surface area contributed by atoms with E-state index in [-0.39, 0.29) is 18.0 Å². The number of hydrogen-bond acceptors (Lipinski definition) is 3. The summed E-state index contributed by atoms with van der Waals surface area (Å²) in [7, 11) is 0. The van der Waals surface area contributed by atoms with E-state index in [9.17, 15) is 9.18 Å². The molecule has 1 aliphatic heterocycles. The Bertz CT molecular complexity index is 435. The van der Waals surface area contributed by atoms with Crippen LogP contribution in [0.5, 0.6) is 0 Å². The molecule has 0 radical (unpaired) electrons. The van der Waals surface area contributed by atoms with E-state index in [1.807, 2.05) is 6.92 Å². The van der Waals surface area contributed by atoms with Crippen LogP contribution in [0.1, 0.15) is 31.4 Å². The van der Waals surface area contributed by atoms with E-state index in [0.717, 1.165) is 12.0 Å². The molecule has 2 rings (SSSR count). The molecule has 0 spiro atoms. The molecular weight excluding hydrogens is 249 g/mol. The lowest BCUT2D eigenvalue weighted by molar-refractivity contribution is -0.149. The summed E-state index contributed by atoms with van der Waals surface area (Å²) < 4.78 is 18.2. The minimum Gasteiger partial charge on any atom is -0.479 e. The van der Waals surface area contributed by atoms with Gasteiger partial charge in [0.15, 0.2) is 6.10 Å². The first-order chi connectivity index (χ1) is 9.06. The van der Waals surface area contributed by atoms with Crippen molar-refractivity contribution in [3.63, 3.8) is 0 Å². The first-order valence-corrected chi connectivity index (χ1v) is 6.43. The van der Waals surface area contributed by atoms with Gasteiger partial charge < -0.3 is 15.2 Å². The maximum Gasteiger partial charge on any atom is 0.332 e. The summed E-state index contributed by atoms with van der Waals surface area (Å²) in [6.07, 6.45) is 0.573. The average molecular weight is 267 g/mol. The standard InChI is InChI=1S/C14H18FNO3/c1-9(10-2-4-11(15)5-3-10)16-8-12-6-7-13(19-12)14(17)18/h2-5,9,12-13,16H,6-8H2,1H3,(H,17,18)/t9-,12?,13?/m1/s1. The lowest BCUT2D eigenvalue weighted by Gasteiger charge is -2.17. The fourth-order valence-corrected chi connectivity index (χ4v) is 2.22. The summed E-state index contributed by atoms with van der Waals surface area (Å²) in [6.45, 7) is 2.58. The molecule has 5 heteroatoms. The normalized spacial score (nSPS) is 24.3. The van der Waals surface area contributed by atoms with Gasteiger partial charge in [0, 0.05) is 12.6 Å². The van der Waals surface area contributed by atoms with Crippen molar-refractivity contribution in [2.24, 2.45) is 0 Å². The van der Waals surface area contributed by atoms with Gasteiger partial charge in [-0.1, -0.05) is 12.1 Å². The first kappa shape index (κ1) is 14.0. The number of carbonyl (C=O) groups is 1. The molecule has 0 bridgehead atoms. The van der Waals surface area contributed by atoms with Gasteiger partial charge in [0.25, 0.3) is 0 Å². The van der Waals surface area contributed by atoms with Gasteiger partial charge >= 0.3 is 5.97 Å². The van der Waals surface area contributed by atoms with Crippen molar-refractivity contribution in [1.29, 1.82) is 0 Å². The monoisotopic (exact) mass is 267 g/mol. The second-order valence-electron chi connectivity index (χ2n) is 4.84. The Labute approximate surface area is 111 Å². The van der Waals surface area contributed by atoms with Crippen LogP contribution in [-0.2, 0) is 9.53 Å². The molecular formula is C14H18FNO3. The fourth-order valence-electron chi connectivity index (χ4n) is 2.22. The van der Waals surface area contributed by atoms with Gasteiger partial charge in [-0.3, -0.25) is 0 Å². The van der Waals surface area contributed by atoms with Gasteiger partial charge in [0.1, 0.15) is 5.82 Å². The van der Waals surface area contributed by atoms with Crippen LogP contribution in [-0.4, -0.2) is 29.8 Å². The zero-order chi connectivity index (χ0) is 13.8. The molecule has 4 nitrogen and oxygen atoms in total. The molecule has 0 amide bonds. The molecule has 1 fully saturated rings. The van der Waals surface area contributed by atoms with E-state index in [1.54, 1.807) is 12.1 Å². The van der Waals surface area contributed by atoms with Crippen molar-refractivity contribution in [3.05, 3.63) is 35.6 Å². The molecule has 1 aromatic rings. The topological polar surface area (TPSA) is 58.6 Å². The predicted molar refractivity (Wildman–Crippen MR) is 68.3 cm³/mol. The highest BCUT2D eigenvalue weighted by molar-refractivity contribution is 5.72. The third-order valence-electron chi connectivity index (χ3n) is 3.40. The number of nitrogens with one attached hydrogen (secondary N) is 1. The fraction of sp³-hybridized carbons (Fsp3) is 0.500. The number of carboxylic acid groups (broad SMARTS) is 1. The highest BCUT2D eigenvalue weighted by atomic mass is 19.1. The SMILES string of the molecule is C[C@@H](NCC1CCC(C(=O)O)O1)c1ccc(F)cc1. The van der Waals surface area contributed by atoms with Gasteiger partial charge in [0.05, 0.1) is 6.10 Å². The van der Waals surface area contributed by atoms with Crippen molar-refractivity contribution in [1.82, 2.24) is 5.32 Å². The third kappa shape index (κ3) is 3.75. The van der Waals surface area contributed by atoms with Gasteiger partial charge in [0.2, 0.25) is 0 Å². The van der Waals surface area contributed by atoms with E-state index in [0.29, 0.717) is 13.0 Å². The van der Waals surface area contributed by atoms with Crippen molar-refractivity contribution < 1.29 is 19.0 Å². The molecule has 104 valence electrons. The minimum absolute atomic E-state index is 0.0657. The molecule has 1 aliphatic rings. The highest BCUT2D eigenvalue weighted by Crippen LogP contribution is 2.20. The average Bonchev–Trinajstić information content (AvgIpc) is 2.86. The smallest absolute Gasteiger partial charge is 0.332 e. The Kier molecular flexibility index (Phi) is 4.50. The predicted octanol–water partition coefficient (Wildman–Crippen LogP) is 2.11. The molecule has 3 atom stereocenters. The van der Waals surface area contributed by atoms with Crippen LogP contribution in [0.25, 0.3) is 0 Å². The van der Waals surface area contributed by atoms with Crippen molar-refractivity contribution in [2.75, 3.05) is 6.54 Å². The first-order valence-electron chi connectivity index (χ1n) is 6.43. The molecule has 2 unspecified atom stereocenters. The van der Waals surface area contributed by atoms with Crippen molar-refractivity contribution in [2.45, 2.75) is 38.0 Å². The number of halogens is 1. The van der Waals surface area contributed by atoms with Crippen LogP contribution in [0.15, 0.2) is 24.3 Å². The van der Waals surface area contributed by atoms with E-state index in [1.165, 1.54) is 12.1 Å². The molecule has 1 saturated heterocycles. The number of ether oxygens (including phenoxy) is 1. The van der Waals surface area contributed by atoms with Crippen LogP contribution >= 0.6 is 0 Å². The molecule has 0 saturated carbocycles. The van der Waals surface area contributed by atoms with E-state index in [4.69, 9.17) is 9.84 Å². The summed E-state index contributed by atoms with van der Waals surface area (Å²) in [5.74, 6) is -1.14. The van der Waals surface area contributed by atoms with Crippen LogP contribution in [0, 0.1) is 5.82 Å². The third-order valence-corrected chi connectivity index (χ3v) is 3.40. The number of rotatable bonds is 5. The summed E-state index contributed by atoms with van der Waals surface area (Å²) in [5, 5.41) is 12.1. The lowest BCUT2D eigenvalue weighted by atomic mass is 10.1. The second-order valence-corrected chi connectivity index (χ2v) is 4.84. The van der Waals surface area contributed by atoms with Crippen LogP contribution < -0.4 is 5.32 Å². The Hall–Kier alpha value is -1.46. The number of aliphatic carboxylic acids is 1. The molecule has 1 heterocycles. The number of hydrogen-bond donors (Lipinski definition) is 2. The summed E-state index contributed by atoms with van der Waals surface area (Å²) >= 11 is 0. The molecule has 0 aliphatic carbocycles.